The first-order valence-electron chi connectivity index (χ1n) is 11.9. The molecule has 0 spiro atoms. The Morgan fingerprint density at radius 1 is 0.972 bits per heavy atom. The molecule has 2 heterocycles. The predicted octanol–water partition coefficient (Wildman–Crippen LogP) is 6.27. The van der Waals surface area contributed by atoms with Crippen LogP contribution in [-0.4, -0.2) is 17.6 Å². The Morgan fingerprint density at radius 2 is 1.75 bits per heavy atom. The Kier molecular flexibility index (Phi) is 6.85. The monoisotopic (exact) mass is 482 g/mol. The van der Waals surface area contributed by atoms with Crippen LogP contribution in [0.25, 0.3) is 10.9 Å². The second-order valence-electron chi connectivity index (χ2n) is 8.71. The van der Waals surface area contributed by atoms with Crippen molar-refractivity contribution in [3.8, 4) is 5.75 Å². The molecular formula is C30H27FN2O3. The van der Waals surface area contributed by atoms with Crippen molar-refractivity contribution in [2.45, 2.75) is 25.4 Å². The summed E-state index contributed by atoms with van der Waals surface area (Å²) >= 11 is 0. The maximum Gasteiger partial charge on any atom is 0.221 e. The second-order valence-corrected chi connectivity index (χ2v) is 8.71. The largest absolute Gasteiger partial charge is 0.497 e. The van der Waals surface area contributed by atoms with Gasteiger partial charge in [-0.05, 0) is 53.1 Å². The van der Waals surface area contributed by atoms with Crippen LogP contribution in [0, 0.1) is 5.82 Å². The van der Waals surface area contributed by atoms with Gasteiger partial charge in [-0.2, -0.15) is 0 Å². The summed E-state index contributed by atoms with van der Waals surface area (Å²) in [5, 5.41) is 3.90. The summed E-state index contributed by atoms with van der Waals surface area (Å²) in [6, 6.07) is 26.2. The molecule has 1 N–H and O–H groups in total. The minimum Gasteiger partial charge on any atom is -0.497 e. The first-order chi connectivity index (χ1) is 17.6. The zero-order valence-electron chi connectivity index (χ0n) is 20.0. The number of ether oxygens (including phenoxy) is 1. The number of fused-ring (bicyclic) bond motifs is 1. The van der Waals surface area contributed by atoms with E-state index < -0.39 is 5.92 Å². The van der Waals surface area contributed by atoms with Gasteiger partial charge >= 0.3 is 0 Å². The highest BCUT2D eigenvalue weighted by Crippen LogP contribution is 2.36. The Labute approximate surface area is 209 Å². The van der Waals surface area contributed by atoms with Gasteiger partial charge in [-0.15, -0.1) is 0 Å². The van der Waals surface area contributed by atoms with Crippen LogP contribution in [-0.2, 0) is 17.9 Å². The zero-order valence-corrected chi connectivity index (χ0v) is 20.0. The number of methoxy groups -OCH3 is 1. The highest BCUT2D eigenvalue weighted by Gasteiger charge is 2.25. The number of amides is 1. The quantitative estimate of drug-likeness (QED) is 0.269. The first-order valence-corrected chi connectivity index (χ1v) is 11.9. The van der Waals surface area contributed by atoms with Gasteiger partial charge < -0.3 is 19.0 Å². The van der Waals surface area contributed by atoms with E-state index in [9.17, 15) is 4.79 Å². The maximum atomic E-state index is 15.0. The van der Waals surface area contributed by atoms with Crippen molar-refractivity contribution in [1.82, 2.24) is 9.88 Å². The van der Waals surface area contributed by atoms with Gasteiger partial charge in [-0.3, -0.25) is 4.79 Å². The number of halogens is 1. The van der Waals surface area contributed by atoms with Crippen LogP contribution >= 0.6 is 0 Å². The minimum atomic E-state index is -0.454. The summed E-state index contributed by atoms with van der Waals surface area (Å²) in [6.07, 6.45) is 3.73. The number of hydrogen-bond donors (Lipinski definition) is 1. The fourth-order valence-electron chi connectivity index (χ4n) is 4.61. The van der Waals surface area contributed by atoms with Crippen molar-refractivity contribution < 1.29 is 18.3 Å². The van der Waals surface area contributed by atoms with Crippen molar-refractivity contribution in [3.63, 3.8) is 0 Å². The maximum absolute atomic E-state index is 15.0. The number of carbonyl (C=O) groups excluding carboxylic acids is 1. The molecular weight excluding hydrogens is 455 g/mol. The second kappa shape index (κ2) is 10.5. The summed E-state index contributed by atoms with van der Waals surface area (Å²) < 4.78 is 27.8. The molecule has 0 aliphatic carbocycles. The van der Waals surface area contributed by atoms with E-state index in [0.717, 1.165) is 27.8 Å². The van der Waals surface area contributed by atoms with Gasteiger partial charge in [0, 0.05) is 36.0 Å². The molecule has 2 aromatic heterocycles. The average molecular weight is 483 g/mol. The minimum absolute atomic E-state index is 0.109. The summed E-state index contributed by atoms with van der Waals surface area (Å²) in [5.41, 5.74) is 3.55. The van der Waals surface area contributed by atoms with Gasteiger partial charge in [-0.1, -0.05) is 48.5 Å². The lowest BCUT2D eigenvalue weighted by atomic mass is 9.87. The topological polar surface area (TPSA) is 56.4 Å². The van der Waals surface area contributed by atoms with E-state index in [1.165, 1.54) is 6.07 Å². The molecule has 5 aromatic rings. The van der Waals surface area contributed by atoms with Crippen molar-refractivity contribution in [1.29, 1.82) is 0 Å². The van der Waals surface area contributed by atoms with E-state index in [-0.39, 0.29) is 24.7 Å². The zero-order chi connectivity index (χ0) is 24.9. The Balaban J connectivity index is 1.51. The Hall–Kier alpha value is -4.32. The molecule has 0 radical (unpaired) electrons. The number of aromatic nitrogens is 1. The lowest BCUT2D eigenvalue weighted by molar-refractivity contribution is -0.121. The molecule has 6 heteroatoms. The first kappa shape index (κ1) is 23.4. The third kappa shape index (κ3) is 5.03. The van der Waals surface area contributed by atoms with E-state index in [2.05, 4.69) is 16.0 Å². The lowest BCUT2D eigenvalue weighted by Gasteiger charge is -2.18. The molecule has 0 bridgehead atoms. The van der Waals surface area contributed by atoms with Gasteiger partial charge in [0.25, 0.3) is 0 Å². The van der Waals surface area contributed by atoms with E-state index in [4.69, 9.17) is 9.15 Å². The number of nitrogens with one attached hydrogen (secondary N) is 1. The molecule has 0 aliphatic rings. The lowest BCUT2D eigenvalue weighted by Crippen LogP contribution is -2.25. The number of furan rings is 1. The molecule has 0 saturated heterocycles. The number of benzene rings is 3. The number of rotatable bonds is 9. The number of carbonyl (C=O) groups is 1. The Bertz CT molecular complexity index is 1460. The van der Waals surface area contributed by atoms with Gasteiger partial charge in [0.1, 0.15) is 17.3 Å². The molecule has 0 fully saturated rings. The summed E-state index contributed by atoms with van der Waals surface area (Å²) in [4.78, 5) is 13.0. The van der Waals surface area contributed by atoms with Crippen LogP contribution in [0.1, 0.15) is 34.8 Å². The smallest absolute Gasteiger partial charge is 0.221 e. The van der Waals surface area contributed by atoms with Gasteiger partial charge in [0.2, 0.25) is 5.91 Å². The fraction of sp³-hybridized carbons (Fsp3) is 0.167. The average Bonchev–Trinajstić information content (AvgIpc) is 3.56. The SMILES string of the molecule is COc1ccc(Cn2cc(C(CC(=O)NCc3ccco3)c3ccccc3F)c3ccccc32)cc1. The van der Waals surface area contributed by atoms with E-state index in [1.807, 2.05) is 54.7 Å². The molecule has 5 nitrogen and oxygen atoms in total. The third-order valence-corrected chi connectivity index (χ3v) is 6.42. The molecule has 1 amide bonds. The van der Waals surface area contributed by atoms with Crippen LogP contribution in [0.4, 0.5) is 4.39 Å². The van der Waals surface area contributed by atoms with Crippen LogP contribution in [0.15, 0.2) is 102 Å². The normalized spacial score (nSPS) is 11.9. The number of nitrogens with zero attached hydrogens (tertiary/aromatic N) is 1. The van der Waals surface area contributed by atoms with E-state index in [1.54, 1.807) is 37.6 Å². The molecule has 0 saturated carbocycles. The molecule has 36 heavy (non-hydrogen) atoms. The fourth-order valence-corrected chi connectivity index (χ4v) is 4.61. The highest BCUT2D eigenvalue weighted by molar-refractivity contribution is 5.86. The van der Waals surface area contributed by atoms with Gasteiger partial charge in [-0.25, -0.2) is 4.39 Å². The van der Waals surface area contributed by atoms with Crippen LogP contribution in [0.2, 0.25) is 0 Å². The Morgan fingerprint density at radius 3 is 2.50 bits per heavy atom. The van der Waals surface area contributed by atoms with Crippen molar-refractivity contribution >= 4 is 16.8 Å². The summed E-state index contributed by atoms with van der Waals surface area (Å²) in [7, 11) is 1.65. The number of hydrogen-bond acceptors (Lipinski definition) is 3. The van der Waals surface area contributed by atoms with Crippen molar-refractivity contribution in [2.75, 3.05) is 7.11 Å². The van der Waals surface area contributed by atoms with E-state index >= 15 is 4.39 Å². The third-order valence-electron chi connectivity index (χ3n) is 6.42. The van der Waals surface area contributed by atoms with Crippen LogP contribution < -0.4 is 10.1 Å². The van der Waals surface area contributed by atoms with Crippen molar-refractivity contribution in [3.05, 3.63) is 126 Å². The molecule has 1 unspecified atom stereocenters. The predicted molar refractivity (Wildman–Crippen MR) is 137 cm³/mol. The van der Waals surface area contributed by atoms with Crippen molar-refractivity contribution in [2.24, 2.45) is 0 Å². The standard InChI is InChI=1S/C30H27FN2O3/c1-35-22-14-12-21(13-15-22)19-33-20-27(25-9-3-5-11-29(25)33)26(24-8-2-4-10-28(24)31)17-30(34)32-18-23-7-6-16-36-23/h2-16,20,26H,17-19H2,1H3,(H,32,34). The molecule has 3 aromatic carbocycles. The molecule has 1 atom stereocenters. The molecule has 0 aliphatic heterocycles. The van der Waals surface area contributed by atoms with E-state index in [0.29, 0.717) is 17.9 Å². The summed E-state index contributed by atoms with van der Waals surface area (Å²) in [6.45, 7) is 0.925. The van der Waals surface area contributed by atoms with Gasteiger partial charge in [0.15, 0.2) is 0 Å². The van der Waals surface area contributed by atoms with Gasteiger partial charge in [0.05, 0.1) is 19.9 Å². The number of para-hydroxylation sites is 1. The summed E-state index contributed by atoms with van der Waals surface area (Å²) in [5.74, 6) is 0.517. The van der Waals surface area contributed by atoms with Crippen LogP contribution in [0.5, 0.6) is 5.75 Å². The van der Waals surface area contributed by atoms with Crippen LogP contribution in [0.3, 0.4) is 0 Å². The highest BCUT2D eigenvalue weighted by atomic mass is 19.1. The molecule has 182 valence electrons. The molecule has 5 rings (SSSR count).